The molecule has 1 atom stereocenters. The molecule has 0 unspecified atom stereocenters. The number of hydrogen-bond acceptors (Lipinski definition) is 5. The van der Waals surface area contributed by atoms with E-state index in [0.717, 1.165) is 57.0 Å². The Morgan fingerprint density at radius 2 is 2.07 bits per heavy atom. The average molecular weight is 383 g/mol. The first-order valence-electron chi connectivity index (χ1n) is 10.3. The molecule has 4 heterocycles. The molecular formula is C21H30N6O. The number of carbonyl (C=O) groups excluding carboxylic acids is 1. The minimum atomic E-state index is -0.0622. The second-order valence-corrected chi connectivity index (χ2v) is 8.37. The van der Waals surface area contributed by atoms with Crippen molar-refractivity contribution in [2.24, 2.45) is 5.92 Å². The van der Waals surface area contributed by atoms with Crippen molar-refractivity contribution in [2.45, 2.75) is 52.1 Å². The third-order valence-corrected chi connectivity index (χ3v) is 5.97. The van der Waals surface area contributed by atoms with Crippen LogP contribution in [0, 0.1) is 12.8 Å². The molecule has 0 aliphatic carbocycles. The molecule has 0 spiro atoms. The molecule has 0 radical (unpaired) electrons. The van der Waals surface area contributed by atoms with Gasteiger partial charge in [-0.2, -0.15) is 5.10 Å². The summed E-state index contributed by atoms with van der Waals surface area (Å²) >= 11 is 0. The van der Waals surface area contributed by atoms with E-state index in [9.17, 15) is 4.79 Å². The fraction of sp³-hybridized carbons (Fsp3) is 0.619. The van der Waals surface area contributed by atoms with Crippen LogP contribution >= 0.6 is 0 Å². The van der Waals surface area contributed by atoms with Crippen LogP contribution in [-0.4, -0.2) is 62.1 Å². The molecule has 2 aliphatic rings. The van der Waals surface area contributed by atoms with Gasteiger partial charge in [-0.1, -0.05) is 6.92 Å². The van der Waals surface area contributed by atoms with Crippen molar-refractivity contribution in [3.8, 4) is 0 Å². The Hall–Kier alpha value is -2.28. The van der Waals surface area contributed by atoms with Crippen LogP contribution in [0.5, 0.6) is 0 Å². The first-order valence-corrected chi connectivity index (χ1v) is 10.3. The van der Waals surface area contributed by atoms with Gasteiger partial charge in [-0.3, -0.25) is 9.48 Å². The summed E-state index contributed by atoms with van der Waals surface area (Å²) in [5.41, 5.74) is 3.45. The zero-order chi connectivity index (χ0) is 19.7. The average Bonchev–Trinajstić information content (AvgIpc) is 3.11. The van der Waals surface area contributed by atoms with Crippen molar-refractivity contribution >= 4 is 5.91 Å². The maximum absolute atomic E-state index is 12.8. The molecule has 0 bridgehead atoms. The summed E-state index contributed by atoms with van der Waals surface area (Å²) in [6.45, 7) is 8.17. The van der Waals surface area contributed by atoms with Gasteiger partial charge >= 0.3 is 0 Å². The topological polar surface area (TPSA) is 67.2 Å². The van der Waals surface area contributed by atoms with Crippen LogP contribution < -0.4 is 0 Å². The standard InChI is InChI=1S/C21H30N6O/c1-15(13-27-11-4-16(2)24-27)21(28)26-9-5-17(6-10-26)20-22-12-18-14-25(3)8-7-19(18)23-20/h4,11-12,15,17H,5-10,13-14H2,1-3H3/t15-/m1/s1. The van der Waals surface area contributed by atoms with Crippen LogP contribution in [0.4, 0.5) is 0 Å². The quantitative estimate of drug-likeness (QED) is 0.809. The van der Waals surface area contributed by atoms with Crippen LogP contribution in [0.25, 0.3) is 0 Å². The number of amides is 1. The third kappa shape index (κ3) is 4.09. The van der Waals surface area contributed by atoms with Gasteiger partial charge < -0.3 is 9.80 Å². The summed E-state index contributed by atoms with van der Waals surface area (Å²) in [5, 5.41) is 4.40. The highest BCUT2D eigenvalue weighted by atomic mass is 16.2. The lowest BCUT2D eigenvalue weighted by Gasteiger charge is -2.33. The van der Waals surface area contributed by atoms with Crippen molar-refractivity contribution in [3.05, 3.63) is 41.2 Å². The summed E-state index contributed by atoms with van der Waals surface area (Å²) in [6, 6.07) is 1.97. The van der Waals surface area contributed by atoms with Crippen molar-refractivity contribution in [2.75, 3.05) is 26.7 Å². The number of nitrogens with zero attached hydrogens (tertiary/aromatic N) is 6. The highest BCUT2D eigenvalue weighted by Crippen LogP contribution is 2.28. The number of hydrogen-bond donors (Lipinski definition) is 0. The van der Waals surface area contributed by atoms with E-state index in [0.29, 0.717) is 12.5 Å². The van der Waals surface area contributed by atoms with E-state index in [-0.39, 0.29) is 11.8 Å². The molecule has 1 saturated heterocycles. The van der Waals surface area contributed by atoms with Crippen LogP contribution in [0.1, 0.15) is 48.5 Å². The zero-order valence-electron chi connectivity index (χ0n) is 17.1. The predicted molar refractivity (Wildman–Crippen MR) is 107 cm³/mol. The lowest BCUT2D eigenvalue weighted by molar-refractivity contribution is -0.136. The number of aryl methyl sites for hydroxylation is 1. The minimum Gasteiger partial charge on any atom is -0.342 e. The van der Waals surface area contributed by atoms with Gasteiger partial charge in [-0.05, 0) is 32.9 Å². The largest absolute Gasteiger partial charge is 0.342 e. The number of aromatic nitrogens is 4. The van der Waals surface area contributed by atoms with E-state index in [1.54, 1.807) is 0 Å². The molecule has 2 aromatic heterocycles. The second kappa shape index (κ2) is 7.99. The van der Waals surface area contributed by atoms with Crippen molar-refractivity contribution in [3.63, 3.8) is 0 Å². The lowest BCUT2D eigenvalue weighted by Crippen LogP contribution is -2.42. The Morgan fingerprint density at radius 3 is 2.79 bits per heavy atom. The molecular weight excluding hydrogens is 352 g/mol. The number of fused-ring (bicyclic) bond motifs is 1. The van der Waals surface area contributed by atoms with Gasteiger partial charge in [0.1, 0.15) is 5.82 Å². The summed E-state index contributed by atoms with van der Waals surface area (Å²) in [5.74, 6) is 1.49. The van der Waals surface area contributed by atoms with E-state index in [1.165, 1.54) is 11.3 Å². The van der Waals surface area contributed by atoms with Gasteiger partial charge in [-0.15, -0.1) is 0 Å². The molecule has 0 saturated carbocycles. The predicted octanol–water partition coefficient (Wildman–Crippen LogP) is 2.01. The SMILES string of the molecule is Cc1ccn(C[C@@H](C)C(=O)N2CCC(c3ncc4c(n3)CCN(C)C4)CC2)n1. The van der Waals surface area contributed by atoms with E-state index in [2.05, 4.69) is 22.0 Å². The lowest BCUT2D eigenvalue weighted by atomic mass is 9.94. The Kier molecular flexibility index (Phi) is 5.44. The molecule has 4 rings (SSSR count). The molecule has 150 valence electrons. The van der Waals surface area contributed by atoms with Gasteiger partial charge in [0.15, 0.2) is 0 Å². The Balaban J connectivity index is 1.33. The molecule has 2 aromatic rings. The summed E-state index contributed by atoms with van der Waals surface area (Å²) in [6.07, 6.45) is 6.84. The smallest absolute Gasteiger partial charge is 0.227 e. The summed E-state index contributed by atoms with van der Waals surface area (Å²) in [4.78, 5) is 26.7. The van der Waals surface area contributed by atoms with Gasteiger partial charge in [-0.25, -0.2) is 9.97 Å². The number of carbonyl (C=O) groups is 1. The van der Waals surface area contributed by atoms with Gasteiger partial charge in [0.25, 0.3) is 0 Å². The van der Waals surface area contributed by atoms with Crippen LogP contribution in [-0.2, 0) is 24.3 Å². The van der Waals surface area contributed by atoms with Crippen LogP contribution in [0.2, 0.25) is 0 Å². The molecule has 0 N–H and O–H groups in total. The molecule has 1 amide bonds. The maximum atomic E-state index is 12.8. The van der Waals surface area contributed by atoms with E-state index in [1.807, 2.05) is 41.9 Å². The number of likely N-dealkylation sites (N-methyl/N-ethyl adjacent to an activating group) is 1. The number of likely N-dealkylation sites (tertiary alicyclic amines) is 1. The van der Waals surface area contributed by atoms with Crippen molar-refractivity contribution in [1.29, 1.82) is 0 Å². The summed E-state index contributed by atoms with van der Waals surface area (Å²) in [7, 11) is 2.14. The van der Waals surface area contributed by atoms with Crippen molar-refractivity contribution < 1.29 is 4.79 Å². The molecule has 0 aromatic carbocycles. The highest BCUT2D eigenvalue weighted by molar-refractivity contribution is 5.78. The fourth-order valence-electron chi connectivity index (χ4n) is 4.26. The first-order chi connectivity index (χ1) is 13.5. The monoisotopic (exact) mass is 382 g/mol. The molecule has 2 aliphatic heterocycles. The second-order valence-electron chi connectivity index (χ2n) is 8.37. The molecule has 7 nitrogen and oxygen atoms in total. The van der Waals surface area contributed by atoms with Crippen LogP contribution in [0.15, 0.2) is 18.5 Å². The van der Waals surface area contributed by atoms with Crippen LogP contribution in [0.3, 0.4) is 0 Å². The minimum absolute atomic E-state index is 0.0622. The Morgan fingerprint density at radius 1 is 1.29 bits per heavy atom. The molecule has 28 heavy (non-hydrogen) atoms. The fourth-order valence-corrected chi connectivity index (χ4v) is 4.26. The Bertz CT molecular complexity index is 839. The normalized spacial score (nSPS) is 19.5. The third-order valence-electron chi connectivity index (χ3n) is 5.97. The number of piperidine rings is 1. The maximum Gasteiger partial charge on any atom is 0.227 e. The van der Waals surface area contributed by atoms with Gasteiger partial charge in [0.2, 0.25) is 5.91 Å². The van der Waals surface area contributed by atoms with Gasteiger partial charge in [0.05, 0.1) is 18.2 Å². The molecule has 7 heteroatoms. The van der Waals surface area contributed by atoms with Gasteiger partial charge in [0, 0.05) is 62.2 Å². The van der Waals surface area contributed by atoms with E-state index < -0.39 is 0 Å². The first kappa shape index (κ1) is 19.1. The number of rotatable bonds is 4. The van der Waals surface area contributed by atoms with E-state index in [4.69, 9.17) is 4.98 Å². The molecule has 1 fully saturated rings. The van der Waals surface area contributed by atoms with Crippen molar-refractivity contribution in [1.82, 2.24) is 29.5 Å². The zero-order valence-corrected chi connectivity index (χ0v) is 17.1. The highest BCUT2D eigenvalue weighted by Gasteiger charge is 2.29. The van der Waals surface area contributed by atoms with E-state index >= 15 is 0 Å². The Labute approximate surface area is 166 Å². The summed E-state index contributed by atoms with van der Waals surface area (Å²) < 4.78 is 1.86.